The van der Waals surface area contributed by atoms with Gasteiger partial charge < -0.3 is 10.6 Å². The third kappa shape index (κ3) is 5.05. The first-order valence-electron chi connectivity index (χ1n) is 9.54. The first-order valence-corrected chi connectivity index (χ1v) is 9.54. The molecule has 0 unspecified atom stereocenters. The number of nitrogens with one attached hydrogen (secondary N) is 2. The summed E-state index contributed by atoms with van der Waals surface area (Å²) in [6.45, 7) is 4.60. The first-order chi connectivity index (χ1) is 12.1. The Hall–Kier alpha value is -1.88. The standard InChI is InChI=1S/C20H29N3O2/c1-15-10-12-23(13-11-15)14-19(24)22-18-9-5-4-8-17(18)20(25)21-16-6-2-3-7-16/h4-5,8-9,15-16H,2-3,6-7,10-14H2,1H3,(H,21,25)(H,22,24). The summed E-state index contributed by atoms with van der Waals surface area (Å²) in [5.74, 6) is 0.615. The molecular weight excluding hydrogens is 314 g/mol. The Kier molecular flexibility index (Phi) is 6.08. The molecular formula is C20H29N3O2. The second-order valence-electron chi connectivity index (χ2n) is 7.51. The van der Waals surface area contributed by atoms with E-state index in [0.717, 1.165) is 44.7 Å². The number of carbonyl (C=O) groups excluding carboxylic acids is 2. The van der Waals surface area contributed by atoms with Crippen LogP contribution < -0.4 is 10.6 Å². The highest BCUT2D eigenvalue weighted by atomic mass is 16.2. The Bertz CT molecular complexity index is 603. The number of para-hydroxylation sites is 1. The van der Waals surface area contributed by atoms with E-state index in [9.17, 15) is 9.59 Å². The molecule has 25 heavy (non-hydrogen) atoms. The van der Waals surface area contributed by atoms with E-state index in [1.807, 2.05) is 12.1 Å². The summed E-state index contributed by atoms with van der Waals surface area (Å²) in [4.78, 5) is 27.1. The Balaban J connectivity index is 1.58. The molecule has 0 aromatic heterocycles. The molecule has 1 heterocycles. The van der Waals surface area contributed by atoms with E-state index in [1.165, 1.54) is 12.8 Å². The number of benzene rings is 1. The summed E-state index contributed by atoms with van der Waals surface area (Å²) in [5, 5.41) is 6.03. The van der Waals surface area contributed by atoms with Crippen LogP contribution in [0.1, 0.15) is 55.8 Å². The molecule has 1 aliphatic heterocycles. The number of amides is 2. The topological polar surface area (TPSA) is 61.4 Å². The molecule has 1 saturated heterocycles. The van der Waals surface area contributed by atoms with Gasteiger partial charge in [0.2, 0.25) is 5.91 Å². The van der Waals surface area contributed by atoms with E-state index >= 15 is 0 Å². The third-order valence-electron chi connectivity index (χ3n) is 5.38. The molecule has 2 fully saturated rings. The largest absolute Gasteiger partial charge is 0.349 e. The van der Waals surface area contributed by atoms with Crippen LogP contribution in [0.3, 0.4) is 0 Å². The summed E-state index contributed by atoms with van der Waals surface area (Å²) in [6, 6.07) is 7.55. The minimum atomic E-state index is -0.0883. The van der Waals surface area contributed by atoms with Crippen molar-refractivity contribution in [3.05, 3.63) is 29.8 Å². The van der Waals surface area contributed by atoms with Crippen molar-refractivity contribution in [3.8, 4) is 0 Å². The van der Waals surface area contributed by atoms with Crippen molar-refractivity contribution in [3.63, 3.8) is 0 Å². The molecule has 0 radical (unpaired) electrons. The molecule has 3 rings (SSSR count). The SMILES string of the molecule is CC1CCN(CC(=O)Nc2ccccc2C(=O)NC2CCCC2)CC1. The van der Waals surface area contributed by atoms with Crippen LogP contribution in [0.4, 0.5) is 5.69 Å². The minimum Gasteiger partial charge on any atom is -0.349 e. The molecule has 136 valence electrons. The molecule has 2 aliphatic rings. The van der Waals surface area contributed by atoms with Crippen LogP contribution in [-0.4, -0.2) is 42.4 Å². The highest BCUT2D eigenvalue weighted by Gasteiger charge is 2.21. The van der Waals surface area contributed by atoms with Crippen LogP contribution >= 0.6 is 0 Å². The van der Waals surface area contributed by atoms with Gasteiger partial charge in [-0.05, 0) is 56.8 Å². The number of anilines is 1. The average molecular weight is 343 g/mol. The fraction of sp³-hybridized carbons (Fsp3) is 0.600. The molecule has 0 bridgehead atoms. The molecule has 1 aromatic carbocycles. The van der Waals surface area contributed by atoms with Crippen LogP contribution in [0.15, 0.2) is 24.3 Å². The first kappa shape index (κ1) is 17.9. The van der Waals surface area contributed by atoms with Crippen LogP contribution in [0.5, 0.6) is 0 Å². The maximum atomic E-state index is 12.6. The lowest BCUT2D eigenvalue weighted by Crippen LogP contribution is -2.39. The molecule has 1 saturated carbocycles. The Morgan fingerprint density at radius 1 is 1.08 bits per heavy atom. The van der Waals surface area contributed by atoms with E-state index in [0.29, 0.717) is 17.8 Å². The van der Waals surface area contributed by atoms with Gasteiger partial charge in [0.05, 0.1) is 17.8 Å². The van der Waals surface area contributed by atoms with Crippen LogP contribution in [-0.2, 0) is 4.79 Å². The van der Waals surface area contributed by atoms with Crippen molar-refractivity contribution in [2.45, 2.75) is 51.5 Å². The number of piperidine rings is 1. The summed E-state index contributed by atoms with van der Waals surface area (Å²) in [7, 11) is 0. The Morgan fingerprint density at radius 2 is 1.76 bits per heavy atom. The van der Waals surface area contributed by atoms with Crippen LogP contribution in [0.25, 0.3) is 0 Å². The molecule has 0 spiro atoms. The second kappa shape index (κ2) is 8.48. The Morgan fingerprint density at radius 3 is 2.48 bits per heavy atom. The normalized spacial score (nSPS) is 19.7. The second-order valence-corrected chi connectivity index (χ2v) is 7.51. The van der Waals surface area contributed by atoms with Gasteiger partial charge in [-0.2, -0.15) is 0 Å². The fourth-order valence-corrected chi connectivity index (χ4v) is 3.74. The number of nitrogens with zero attached hydrogens (tertiary/aromatic N) is 1. The van der Waals surface area contributed by atoms with Crippen molar-refractivity contribution in [1.29, 1.82) is 0 Å². The quantitative estimate of drug-likeness (QED) is 0.864. The molecule has 5 heteroatoms. The van der Waals surface area contributed by atoms with Gasteiger partial charge in [0.15, 0.2) is 0 Å². The maximum absolute atomic E-state index is 12.6. The number of hydrogen-bond acceptors (Lipinski definition) is 3. The van der Waals surface area contributed by atoms with E-state index in [4.69, 9.17) is 0 Å². The van der Waals surface area contributed by atoms with Gasteiger partial charge in [-0.25, -0.2) is 0 Å². The average Bonchev–Trinajstić information content (AvgIpc) is 3.10. The van der Waals surface area contributed by atoms with Gasteiger partial charge in [0, 0.05) is 6.04 Å². The summed E-state index contributed by atoms with van der Waals surface area (Å²) >= 11 is 0. The lowest BCUT2D eigenvalue weighted by atomic mass is 9.99. The lowest BCUT2D eigenvalue weighted by Gasteiger charge is -2.29. The van der Waals surface area contributed by atoms with Crippen molar-refractivity contribution < 1.29 is 9.59 Å². The zero-order chi connectivity index (χ0) is 17.6. The number of carbonyl (C=O) groups is 2. The van der Waals surface area contributed by atoms with E-state index in [1.54, 1.807) is 12.1 Å². The number of rotatable bonds is 5. The van der Waals surface area contributed by atoms with Crippen LogP contribution in [0.2, 0.25) is 0 Å². The van der Waals surface area contributed by atoms with E-state index in [2.05, 4.69) is 22.5 Å². The molecule has 2 N–H and O–H groups in total. The summed E-state index contributed by atoms with van der Waals surface area (Å²) < 4.78 is 0. The summed E-state index contributed by atoms with van der Waals surface area (Å²) in [6.07, 6.45) is 6.75. The smallest absolute Gasteiger partial charge is 0.253 e. The minimum absolute atomic E-state index is 0.0457. The molecule has 5 nitrogen and oxygen atoms in total. The van der Waals surface area contributed by atoms with Crippen molar-refractivity contribution in [2.24, 2.45) is 5.92 Å². The van der Waals surface area contributed by atoms with Crippen molar-refractivity contribution in [2.75, 3.05) is 25.0 Å². The van der Waals surface area contributed by atoms with Gasteiger partial charge in [-0.3, -0.25) is 14.5 Å². The molecule has 2 amide bonds. The van der Waals surface area contributed by atoms with Crippen molar-refractivity contribution >= 4 is 17.5 Å². The molecule has 0 atom stereocenters. The third-order valence-corrected chi connectivity index (χ3v) is 5.38. The highest BCUT2D eigenvalue weighted by Crippen LogP contribution is 2.21. The monoisotopic (exact) mass is 343 g/mol. The van der Waals surface area contributed by atoms with Crippen molar-refractivity contribution in [1.82, 2.24) is 10.2 Å². The molecule has 1 aromatic rings. The van der Waals surface area contributed by atoms with Gasteiger partial charge in [0.1, 0.15) is 0 Å². The predicted octanol–water partition coefficient (Wildman–Crippen LogP) is 3.03. The van der Waals surface area contributed by atoms with Gasteiger partial charge in [0.25, 0.3) is 5.91 Å². The zero-order valence-electron chi connectivity index (χ0n) is 15.1. The van der Waals surface area contributed by atoms with E-state index in [-0.39, 0.29) is 17.9 Å². The van der Waals surface area contributed by atoms with E-state index < -0.39 is 0 Å². The lowest BCUT2D eigenvalue weighted by molar-refractivity contribution is -0.117. The van der Waals surface area contributed by atoms with Crippen LogP contribution in [0, 0.1) is 5.92 Å². The Labute approximate surface area is 150 Å². The van der Waals surface area contributed by atoms with Gasteiger partial charge in [-0.15, -0.1) is 0 Å². The number of likely N-dealkylation sites (tertiary alicyclic amines) is 1. The summed E-state index contributed by atoms with van der Waals surface area (Å²) in [5.41, 5.74) is 1.16. The maximum Gasteiger partial charge on any atom is 0.253 e. The zero-order valence-corrected chi connectivity index (χ0v) is 15.1. The van der Waals surface area contributed by atoms with Gasteiger partial charge in [-0.1, -0.05) is 31.9 Å². The predicted molar refractivity (Wildman–Crippen MR) is 99.6 cm³/mol. The number of hydrogen-bond donors (Lipinski definition) is 2. The molecule has 1 aliphatic carbocycles. The fourth-order valence-electron chi connectivity index (χ4n) is 3.74. The van der Waals surface area contributed by atoms with Gasteiger partial charge >= 0.3 is 0 Å². The highest BCUT2D eigenvalue weighted by molar-refractivity contribution is 6.04.